The third kappa shape index (κ3) is 8.62. The van der Waals surface area contributed by atoms with Crippen molar-refractivity contribution in [3.63, 3.8) is 0 Å². The van der Waals surface area contributed by atoms with E-state index < -0.39 is 10.0 Å². The summed E-state index contributed by atoms with van der Waals surface area (Å²) < 4.78 is 41.4. The Kier molecular flexibility index (Phi) is 10.6. The molecule has 184 valence electrons. The van der Waals surface area contributed by atoms with Gasteiger partial charge in [0.2, 0.25) is 15.9 Å². The van der Waals surface area contributed by atoms with Crippen LogP contribution in [0.1, 0.15) is 21.7 Å². The summed E-state index contributed by atoms with van der Waals surface area (Å²) >= 11 is 1.63. The van der Waals surface area contributed by atoms with Crippen LogP contribution in [0.5, 0.6) is 11.5 Å². The minimum absolute atomic E-state index is 0.196. The maximum atomic E-state index is 13.2. The van der Waals surface area contributed by atoms with Crippen molar-refractivity contribution in [1.29, 1.82) is 0 Å². The molecule has 2 rings (SSSR count). The summed E-state index contributed by atoms with van der Waals surface area (Å²) in [7, 11) is 1.21. The van der Waals surface area contributed by atoms with Gasteiger partial charge in [-0.3, -0.25) is 4.79 Å². The molecule has 2 aromatic rings. The van der Waals surface area contributed by atoms with Crippen molar-refractivity contribution in [3.8, 4) is 11.5 Å². The molecule has 0 aliphatic carbocycles. The van der Waals surface area contributed by atoms with Crippen LogP contribution >= 0.6 is 11.3 Å². The van der Waals surface area contributed by atoms with E-state index in [1.54, 1.807) is 37.6 Å². The zero-order valence-corrected chi connectivity index (χ0v) is 21.6. The number of ether oxygens (including phenoxy) is 3. The summed E-state index contributed by atoms with van der Waals surface area (Å²) in [6.07, 6.45) is 2.25. The number of sulfonamides is 1. The molecule has 8 nitrogen and oxygen atoms in total. The van der Waals surface area contributed by atoms with Gasteiger partial charge in [0, 0.05) is 36.6 Å². The topological polar surface area (TPSA) is 85.4 Å². The predicted octanol–water partition coefficient (Wildman–Crippen LogP) is 2.94. The molecular weight excluding hydrogens is 464 g/mol. The zero-order valence-electron chi connectivity index (χ0n) is 20.0. The van der Waals surface area contributed by atoms with Crippen molar-refractivity contribution in [1.82, 2.24) is 9.21 Å². The third-order valence-electron chi connectivity index (χ3n) is 5.15. The molecule has 0 bridgehead atoms. The van der Waals surface area contributed by atoms with Crippen LogP contribution in [-0.4, -0.2) is 77.4 Å². The molecule has 10 heteroatoms. The Hall–Kier alpha value is -2.14. The van der Waals surface area contributed by atoms with Gasteiger partial charge in [0.05, 0.1) is 33.6 Å². The van der Waals surface area contributed by atoms with Crippen LogP contribution in [0.3, 0.4) is 0 Å². The fourth-order valence-corrected chi connectivity index (χ4v) is 5.06. The lowest BCUT2D eigenvalue weighted by Gasteiger charge is -2.26. The van der Waals surface area contributed by atoms with Gasteiger partial charge in [-0.1, -0.05) is 6.07 Å². The summed E-state index contributed by atoms with van der Waals surface area (Å²) in [6, 6.07) is 9.69. The fourth-order valence-electron chi connectivity index (χ4n) is 3.35. The van der Waals surface area contributed by atoms with E-state index in [-0.39, 0.29) is 19.0 Å². The fraction of sp³-hybridized carbons (Fsp3) is 0.522. The van der Waals surface area contributed by atoms with E-state index in [2.05, 4.69) is 0 Å². The van der Waals surface area contributed by atoms with E-state index in [1.165, 1.54) is 4.31 Å². The van der Waals surface area contributed by atoms with Gasteiger partial charge in [0.15, 0.2) is 11.5 Å². The molecule has 0 aliphatic heterocycles. The first-order valence-electron chi connectivity index (χ1n) is 10.7. The Morgan fingerprint density at radius 1 is 1.03 bits per heavy atom. The van der Waals surface area contributed by atoms with Crippen molar-refractivity contribution in [2.24, 2.45) is 0 Å². The molecule has 0 unspecified atom stereocenters. The van der Waals surface area contributed by atoms with Gasteiger partial charge in [-0.2, -0.15) is 4.31 Å². The van der Waals surface area contributed by atoms with Crippen LogP contribution in [-0.2, 0) is 32.5 Å². The molecule has 33 heavy (non-hydrogen) atoms. The molecule has 0 spiro atoms. The molecule has 0 N–H and O–H groups in total. The van der Waals surface area contributed by atoms with Crippen molar-refractivity contribution < 1.29 is 27.4 Å². The Morgan fingerprint density at radius 2 is 1.76 bits per heavy atom. The Balaban J connectivity index is 2.17. The summed E-state index contributed by atoms with van der Waals surface area (Å²) in [6.45, 7) is 3.36. The number of amides is 1. The molecular formula is C23H34N2O6S2. The highest BCUT2D eigenvalue weighted by Crippen LogP contribution is 2.28. The van der Waals surface area contributed by atoms with Crippen LogP contribution in [0.25, 0.3) is 0 Å². The molecule has 0 fully saturated rings. The van der Waals surface area contributed by atoms with Crippen LogP contribution < -0.4 is 9.47 Å². The van der Waals surface area contributed by atoms with Gasteiger partial charge >= 0.3 is 0 Å². The lowest BCUT2D eigenvalue weighted by atomic mass is 10.1. The monoisotopic (exact) mass is 498 g/mol. The summed E-state index contributed by atoms with van der Waals surface area (Å²) in [5.41, 5.74) is 0.993. The van der Waals surface area contributed by atoms with E-state index in [9.17, 15) is 13.2 Å². The number of benzene rings is 1. The van der Waals surface area contributed by atoms with Crippen LogP contribution in [0, 0.1) is 6.92 Å². The maximum Gasteiger partial charge on any atom is 0.238 e. The molecule has 0 atom stereocenters. The number of aryl methyl sites for hydroxylation is 1. The number of thiophene rings is 1. The van der Waals surface area contributed by atoms with E-state index in [0.717, 1.165) is 21.6 Å². The number of hydrogen-bond acceptors (Lipinski definition) is 7. The van der Waals surface area contributed by atoms with E-state index in [4.69, 9.17) is 14.2 Å². The molecule has 1 aromatic carbocycles. The average Bonchev–Trinajstić information content (AvgIpc) is 3.19. The van der Waals surface area contributed by atoms with Gasteiger partial charge in [0.25, 0.3) is 0 Å². The van der Waals surface area contributed by atoms with E-state index >= 15 is 0 Å². The standard InChI is InChI=1S/C23H34N2O6S2/c1-18-7-9-20(32-18)16-24(13-11-19-8-10-21(30-3)22(15-19)31-4)23(26)17-25(33(5,27)28)12-6-14-29-2/h7-10,15H,6,11-14,16-17H2,1-5H3. The second kappa shape index (κ2) is 12.9. The average molecular weight is 499 g/mol. The molecule has 0 aliphatic rings. The minimum Gasteiger partial charge on any atom is -0.493 e. The van der Waals surface area contributed by atoms with Crippen LogP contribution in [0.4, 0.5) is 0 Å². The van der Waals surface area contributed by atoms with Gasteiger partial charge in [-0.15, -0.1) is 11.3 Å². The number of carbonyl (C=O) groups excluding carboxylic acids is 1. The summed E-state index contributed by atoms with van der Waals surface area (Å²) in [5, 5.41) is 0. The smallest absolute Gasteiger partial charge is 0.238 e. The van der Waals surface area contributed by atoms with Gasteiger partial charge in [-0.05, 0) is 49.6 Å². The first kappa shape index (κ1) is 27.1. The molecule has 0 radical (unpaired) electrons. The van der Waals surface area contributed by atoms with Crippen molar-refractivity contribution in [3.05, 3.63) is 45.6 Å². The van der Waals surface area contributed by atoms with Crippen molar-refractivity contribution >= 4 is 27.3 Å². The maximum absolute atomic E-state index is 13.2. The SMILES string of the molecule is COCCCN(CC(=O)N(CCc1ccc(OC)c(OC)c1)Cc1ccc(C)s1)S(C)(=O)=O. The predicted molar refractivity (Wildman–Crippen MR) is 131 cm³/mol. The van der Waals surface area contributed by atoms with Gasteiger partial charge < -0.3 is 19.1 Å². The third-order valence-corrected chi connectivity index (χ3v) is 7.39. The first-order chi connectivity index (χ1) is 15.7. The number of rotatable bonds is 14. The summed E-state index contributed by atoms with van der Waals surface area (Å²) in [4.78, 5) is 17.2. The molecule has 1 heterocycles. The minimum atomic E-state index is -3.52. The zero-order chi connectivity index (χ0) is 24.4. The Bertz CT molecular complexity index is 1010. The Morgan fingerprint density at radius 3 is 2.33 bits per heavy atom. The number of carbonyl (C=O) groups is 1. The normalized spacial score (nSPS) is 11.6. The molecule has 1 amide bonds. The van der Waals surface area contributed by atoms with Crippen molar-refractivity contribution in [2.75, 3.05) is 53.8 Å². The van der Waals surface area contributed by atoms with E-state index in [1.807, 2.05) is 37.3 Å². The van der Waals surface area contributed by atoms with Crippen LogP contribution in [0.2, 0.25) is 0 Å². The number of methoxy groups -OCH3 is 3. The largest absolute Gasteiger partial charge is 0.493 e. The lowest BCUT2D eigenvalue weighted by Crippen LogP contribution is -2.43. The Labute approximate surface area is 201 Å². The van der Waals surface area contributed by atoms with E-state index in [0.29, 0.717) is 44.0 Å². The molecule has 0 saturated heterocycles. The highest BCUT2D eigenvalue weighted by Gasteiger charge is 2.24. The molecule has 0 saturated carbocycles. The molecule has 1 aromatic heterocycles. The summed E-state index contributed by atoms with van der Waals surface area (Å²) in [5.74, 6) is 1.04. The van der Waals surface area contributed by atoms with Gasteiger partial charge in [0.1, 0.15) is 0 Å². The second-order valence-electron chi connectivity index (χ2n) is 7.71. The number of hydrogen-bond donors (Lipinski definition) is 0. The van der Waals surface area contributed by atoms with Crippen molar-refractivity contribution in [2.45, 2.75) is 26.3 Å². The lowest BCUT2D eigenvalue weighted by molar-refractivity contribution is -0.132. The van der Waals surface area contributed by atoms with Gasteiger partial charge in [-0.25, -0.2) is 8.42 Å². The first-order valence-corrected chi connectivity index (χ1v) is 13.3. The highest BCUT2D eigenvalue weighted by atomic mass is 32.2. The second-order valence-corrected chi connectivity index (χ2v) is 11.1. The number of nitrogens with zero attached hydrogens (tertiary/aromatic N) is 2. The quantitative estimate of drug-likeness (QED) is 0.372. The van der Waals surface area contributed by atoms with Crippen LogP contribution in [0.15, 0.2) is 30.3 Å². The highest BCUT2D eigenvalue weighted by molar-refractivity contribution is 7.88.